The maximum Gasteiger partial charge on any atom is 0.410 e. The lowest BCUT2D eigenvalue weighted by Crippen LogP contribution is -2.36. The molecule has 1 amide bonds. The first-order chi connectivity index (χ1) is 9.33. The van der Waals surface area contributed by atoms with Crippen LogP contribution in [0.25, 0.3) is 0 Å². The SMILES string of the molecule is Cc1ccc(O[C@@H]2CCN(C(=O)OC(C)(C)C)C2)nn1. The van der Waals surface area contributed by atoms with Crippen LogP contribution in [-0.4, -0.2) is 46.0 Å². The minimum absolute atomic E-state index is 0.0560. The molecule has 0 unspecified atom stereocenters. The molecule has 6 nitrogen and oxygen atoms in total. The number of carbonyl (C=O) groups is 1. The van der Waals surface area contributed by atoms with Crippen molar-refractivity contribution in [3.05, 3.63) is 17.8 Å². The Labute approximate surface area is 119 Å². The van der Waals surface area contributed by atoms with Crippen molar-refractivity contribution in [1.82, 2.24) is 15.1 Å². The Balaban J connectivity index is 1.86. The van der Waals surface area contributed by atoms with E-state index in [0.29, 0.717) is 19.0 Å². The molecule has 1 aliphatic rings. The third-order valence-electron chi connectivity index (χ3n) is 2.86. The summed E-state index contributed by atoms with van der Waals surface area (Å²) in [6, 6.07) is 3.64. The third-order valence-corrected chi connectivity index (χ3v) is 2.86. The Bertz CT molecular complexity index is 468. The van der Waals surface area contributed by atoms with Crippen LogP contribution in [0.3, 0.4) is 0 Å². The third kappa shape index (κ3) is 4.08. The second kappa shape index (κ2) is 5.64. The Morgan fingerprint density at radius 3 is 2.70 bits per heavy atom. The van der Waals surface area contributed by atoms with Crippen molar-refractivity contribution in [1.29, 1.82) is 0 Å². The minimum Gasteiger partial charge on any atom is -0.471 e. The maximum atomic E-state index is 11.9. The van der Waals surface area contributed by atoms with E-state index in [1.165, 1.54) is 0 Å². The molecule has 2 rings (SSSR count). The number of likely N-dealkylation sites (tertiary alicyclic amines) is 1. The molecule has 0 aromatic carbocycles. The number of ether oxygens (including phenoxy) is 2. The number of hydrogen-bond acceptors (Lipinski definition) is 5. The lowest BCUT2D eigenvalue weighted by atomic mass is 10.2. The standard InChI is InChI=1S/C14H21N3O3/c1-10-5-6-12(16-15-10)19-11-7-8-17(9-11)13(18)20-14(2,3)4/h5-6,11H,7-9H2,1-4H3/t11-/m1/s1. The van der Waals surface area contributed by atoms with Gasteiger partial charge in [-0.15, -0.1) is 5.10 Å². The summed E-state index contributed by atoms with van der Waals surface area (Å²) in [6.45, 7) is 8.60. The molecule has 1 aromatic rings. The predicted octanol–water partition coefficient (Wildman–Crippen LogP) is 2.17. The van der Waals surface area contributed by atoms with Gasteiger partial charge in [0, 0.05) is 19.0 Å². The molecular weight excluding hydrogens is 258 g/mol. The fourth-order valence-electron chi connectivity index (χ4n) is 1.94. The topological polar surface area (TPSA) is 64.5 Å². The molecule has 1 atom stereocenters. The molecule has 0 radical (unpaired) electrons. The van der Waals surface area contributed by atoms with Crippen LogP contribution in [-0.2, 0) is 4.74 Å². The van der Waals surface area contributed by atoms with Crippen molar-refractivity contribution in [2.24, 2.45) is 0 Å². The van der Waals surface area contributed by atoms with E-state index in [-0.39, 0.29) is 12.2 Å². The quantitative estimate of drug-likeness (QED) is 0.830. The molecule has 2 heterocycles. The van der Waals surface area contributed by atoms with Crippen LogP contribution >= 0.6 is 0 Å². The first kappa shape index (κ1) is 14.6. The predicted molar refractivity (Wildman–Crippen MR) is 73.6 cm³/mol. The summed E-state index contributed by atoms with van der Waals surface area (Å²) in [7, 11) is 0. The zero-order valence-electron chi connectivity index (χ0n) is 12.4. The number of rotatable bonds is 2. The van der Waals surface area contributed by atoms with E-state index in [1.807, 2.05) is 33.8 Å². The van der Waals surface area contributed by atoms with Gasteiger partial charge in [0.2, 0.25) is 5.88 Å². The van der Waals surface area contributed by atoms with Crippen LogP contribution in [0.15, 0.2) is 12.1 Å². The van der Waals surface area contributed by atoms with Gasteiger partial charge in [-0.2, -0.15) is 5.10 Å². The van der Waals surface area contributed by atoms with E-state index in [1.54, 1.807) is 11.0 Å². The van der Waals surface area contributed by atoms with Crippen LogP contribution < -0.4 is 4.74 Å². The molecule has 0 bridgehead atoms. The van der Waals surface area contributed by atoms with Crippen molar-refractivity contribution >= 4 is 6.09 Å². The second-order valence-corrected chi connectivity index (χ2v) is 5.97. The highest BCUT2D eigenvalue weighted by Gasteiger charge is 2.31. The highest BCUT2D eigenvalue weighted by molar-refractivity contribution is 5.68. The number of aryl methyl sites for hydroxylation is 1. The van der Waals surface area contributed by atoms with Gasteiger partial charge in [0.1, 0.15) is 11.7 Å². The van der Waals surface area contributed by atoms with Crippen molar-refractivity contribution in [3.63, 3.8) is 0 Å². The smallest absolute Gasteiger partial charge is 0.410 e. The maximum absolute atomic E-state index is 11.9. The normalized spacial score (nSPS) is 19.0. The Hall–Kier alpha value is -1.85. The molecule has 20 heavy (non-hydrogen) atoms. The number of nitrogens with zero attached hydrogens (tertiary/aromatic N) is 3. The summed E-state index contributed by atoms with van der Waals surface area (Å²) in [4.78, 5) is 13.6. The molecule has 0 spiro atoms. The van der Waals surface area contributed by atoms with E-state index >= 15 is 0 Å². The largest absolute Gasteiger partial charge is 0.471 e. The van der Waals surface area contributed by atoms with E-state index in [4.69, 9.17) is 9.47 Å². The molecule has 1 saturated heterocycles. The highest BCUT2D eigenvalue weighted by Crippen LogP contribution is 2.18. The lowest BCUT2D eigenvalue weighted by molar-refractivity contribution is 0.0274. The van der Waals surface area contributed by atoms with Gasteiger partial charge in [0.05, 0.1) is 12.2 Å². The second-order valence-electron chi connectivity index (χ2n) is 5.97. The van der Waals surface area contributed by atoms with Crippen LogP contribution in [0.1, 0.15) is 32.9 Å². The molecule has 0 aliphatic carbocycles. The fourth-order valence-corrected chi connectivity index (χ4v) is 1.94. The van der Waals surface area contributed by atoms with Gasteiger partial charge >= 0.3 is 6.09 Å². The van der Waals surface area contributed by atoms with Gasteiger partial charge in [-0.05, 0) is 33.8 Å². The summed E-state index contributed by atoms with van der Waals surface area (Å²) in [5, 5.41) is 7.91. The summed E-state index contributed by atoms with van der Waals surface area (Å²) < 4.78 is 11.1. The summed E-state index contributed by atoms with van der Waals surface area (Å²) in [5.74, 6) is 0.492. The number of carbonyl (C=O) groups excluding carboxylic acids is 1. The van der Waals surface area contributed by atoms with E-state index < -0.39 is 5.60 Å². The van der Waals surface area contributed by atoms with Gasteiger partial charge in [0.15, 0.2) is 0 Å². The van der Waals surface area contributed by atoms with Gasteiger partial charge in [-0.1, -0.05) is 0 Å². The average Bonchev–Trinajstić information content (AvgIpc) is 2.79. The first-order valence-corrected chi connectivity index (χ1v) is 6.78. The molecule has 0 saturated carbocycles. The highest BCUT2D eigenvalue weighted by atomic mass is 16.6. The Morgan fingerprint density at radius 1 is 1.35 bits per heavy atom. The van der Waals surface area contributed by atoms with Gasteiger partial charge < -0.3 is 14.4 Å². The van der Waals surface area contributed by atoms with Gasteiger partial charge in [-0.25, -0.2) is 4.79 Å². The van der Waals surface area contributed by atoms with E-state index in [2.05, 4.69) is 10.2 Å². The van der Waals surface area contributed by atoms with Crippen LogP contribution in [0.2, 0.25) is 0 Å². The van der Waals surface area contributed by atoms with Crippen molar-refractivity contribution < 1.29 is 14.3 Å². The zero-order chi connectivity index (χ0) is 14.8. The Morgan fingerprint density at radius 2 is 2.10 bits per heavy atom. The molecule has 6 heteroatoms. The molecular formula is C14H21N3O3. The molecule has 1 fully saturated rings. The first-order valence-electron chi connectivity index (χ1n) is 6.78. The van der Waals surface area contributed by atoms with Gasteiger partial charge in [-0.3, -0.25) is 0 Å². The summed E-state index contributed by atoms with van der Waals surface area (Å²) in [5.41, 5.74) is 0.373. The fraction of sp³-hybridized carbons (Fsp3) is 0.643. The van der Waals surface area contributed by atoms with E-state index in [9.17, 15) is 4.79 Å². The van der Waals surface area contributed by atoms with E-state index in [0.717, 1.165) is 12.1 Å². The van der Waals surface area contributed by atoms with Crippen molar-refractivity contribution in [3.8, 4) is 5.88 Å². The lowest BCUT2D eigenvalue weighted by Gasteiger charge is -2.24. The molecule has 110 valence electrons. The average molecular weight is 279 g/mol. The minimum atomic E-state index is -0.474. The summed E-state index contributed by atoms with van der Waals surface area (Å²) >= 11 is 0. The Kier molecular flexibility index (Phi) is 4.11. The molecule has 1 aliphatic heterocycles. The van der Waals surface area contributed by atoms with Crippen LogP contribution in [0.4, 0.5) is 4.79 Å². The van der Waals surface area contributed by atoms with Crippen molar-refractivity contribution in [2.75, 3.05) is 13.1 Å². The monoisotopic (exact) mass is 279 g/mol. The van der Waals surface area contributed by atoms with Crippen LogP contribution in [0, 0.1) is 6.92 Å². The number of amides is 1. The molecule has 1 aromatic heterocycles. The van der Waals surface area contributed by atoms with Crippen molar-refractivity contribution in [2.45, 2.75) is 45.8 Å². The summed E-state index contributed by atoms with van der Waals surface area (Å²) in [6.07, 6.45) is 0.424. The zero-order valence-corrected chi connectivity index (χ0v) is 12.4. The number of hydrogen-bond donors (Lipinski definition) is 0. The molecule has 0 N–H and O–H groups in total. The number of aromatic nitrogens is 2. The van der Waals surface area contributed by atoms with Crippen LogP contribution in [0.5, 0.6) is 5.88 Å². The van der Waals surface area contributed by atoms with Gasteiger partial charge in [0.25, 0.3) is 0 Å².